The maximum absolute atomic E-state index is 5.99. The molecule has 2 nitrogen and oxygen atoms in total. The summed E-state index contributed by atoms with van der Waals surface area (Å²) in [7, 11) is 0. The van der Waals surface area contributed by atoms with Gasteiger partial charge in [-0.25, -0.2) is 0 Å². The molecule has 0 amide bonds. The maximum atomic E-state index is 5.99. The quantitative estimate of drug-likeness (QED) is 0.803. The van der Waals surface area contributed by atoms with Crippen molar-refractivity contribution in [2.24, 2.45) is 0 Å². The monoisotopic (exact) mass is 238 g/mol. The average Bonchev–Trinajstić information content (AvgIpc) is 3.14. The normalized spacial score (nSPS) is 21.6. The molecule has 2 aromatic rings. The van der Waals surface area contributed by atoms with Gasteiger partial charge in [0.25, 0.3) is 0 Å². The Balaban J connectivity index is 1.71. The molecule has 2 heteroatoms. The molecule has 1 aliphatic carbocycles. The summed E-state index contributed by atoms with van der Waals surface area (Å²) in [5.41, 5.74) is 10.5. The first kappa shape index (κ1) is 11.1. The van der Waals surface area contributed by atoms with Gasteiger partial charge in [-0.3, -0.25) is 0 Å². The van der Waals surface area contributed by atoms with E-state index in [1.54, 1.807) is 0 Å². The highest BCUT2D eigenvalue weighted by atomic mass is 15.0. The van der Waals surface area contributed by atoms with Crippen molar-refractivity contribution in [2.75, 3.05) is 11.1 Å². The summed E-state index contributed by atoms with van der Waals surface area (Å²) < 4.78 is 0. The molecule has 2 aromatic carbocycles. The van der Waals surface area contributed by atoms with Crippen LogP contribution < -0.4 is 11.1 Å². The Labute approximate surface area is 108 Å². The zero-order valence-electron chi connectivity index (χ0n) is 10.6. The van der Waals surface area contributed by atoms with Crippen LogP contribution in [0.3, 0.4) is 0 Å². The van der Waals surface area contributed by atoms with Crippen LogP contribution in [-0.4, -0.2) is 6.04 Å². The number of anilines is 2. The molecule has 1 aliphatic rings. The molecule has 0 heterocycles. The van der Waals surface area contributed by atoms with Crippen LogP contribution in [0.1, 0.15) is 23.5 Å². The van der Waals surface area contributed by atoms with Gasteiger partial charge in [-0.05, 0) is 36.6 Å². The van der Waals surface area contributed by atoms with Crippen molar-refractivity contribution in [3.8, 4) is 0 Å². The summed E-state index contributed by atoms with van der Waals surface area (Å²) in [6.45, 7) is 2.09. The fourth-order valence-electron chi connectivity index (χ4n) is 2.42. The average molecular weight is 238 g/mol. The highest BCUT2D eigenvalue weighted by Gasteiger charge is 2.38. The third kappa shape index (κ3) is 2.19. The molecule has 0 bridgehead atoms. The second-order valence-corrected chi connectivity index (χ2v) is 5.09. The van der Waals surface area contributed by atoms with Crippen LogP contribution >= 0.6 is 0 Å². The van der Waals surface area contributed by atoms with Gasteiger partial charge in [0.05, 0.1) is 11.4 Å². The van der Waals surface area contributed by atoms with Gasteiger partial charge in [-0.1, -0.05) is 36.4 Å². The van der Waals surface area contributed by atoms with Crippen LogP contribution in [0.15, 0.2) is 48.5 Å². The molecule has 0 saturated heterocycles. The minimum absolute atomic E-state index is 0.525. The molecule has 3 rings (SSSR count). The summed E-state index contributed by atoms with van der Waals surface area (Å²) in [6, 6.07) is 17.3. The number of rotatable bonds is 3. The fraction of sp³-hybridized carbons (Fsp3) is 0.250. The zero-order valence-corrected chi connectivity index (χ0v) is 10.6. The van der Waals surface area contributed by atoms with E-state index in [1.807, 2.05) is 12.1 Å². The van der Waals surface area contributed by atoms with Crippen molar-refractivity contribution < 1.29 is 0 Å². The van der Waals surface area contributed by atoms with Gasteiger partial charge in [0.2, 0.25) is 0 Å². The lowest BCUT2D eigenvalue weighted by atomic mass is 10.1. The van der Waals surface area contributed by atoms with E-state index in [1.165, 1.54) is 17.5 Å². The largest absolute Gasteiger partial charge is 0.397 e. The number of nitrogens with one attached hydrogen (secondary N) is 1. The van der Waals surface area contributed by atoms with Crippen LogP contribution in [0, 0.1) is 6.92 Å². The van der Waals surface area contributed by atoms with Gasteiger partial charge in [-0.15, -0.1) is 0 Å². The lowest BCUT2D eigenvalue weighted by molar-refractivity contribution is 1.05. The second kappa shape index (κ2) is 4.37. The molecule has 18 heavy (non-hydrogen) atoms. The van der Waals surface area contributed by atoms with Crippen molar-refractivity contribution in [1.82, 2.24) is 0 Å². The maximum Gasteiger partial charge on any atom is 0.0578 e. The van der Waals surface area contributed by atoms with Crippen LogP contribution in [0.2, 0.25) is 0 Å². The van der Waals surface area contributed by atoms with Gasteiger partial charge in [0.15, 0.2) is 0 Å². The summed E-state index contributed by atoms with van der Waals surface area (Å²) in [5, 5.41) is 3.55. The summed E-state index contributed by atoms with van der Waals surface area (Å²) in [6.07, 6.45) is 1.19. The number of benzene rings is 2. The van der Waals surface area contributed by atoms with E-state index in [2.05, 4.69) is 48.6 Å². The Kier molecular flexibility index (Phi) is 2.71. The van der Waals surface area contributed by atoms with Gasteiger partial charge >= 0.3 is 0 Å². The number of hydrogen-bond donors (Lipinski definition) is 2. The zero-order chi connectivity index (χ0) is 12.5. The SMILES string of the molecule is Cc1ccc(N)c(NC2CC2c2ccccc2)c1. The van der Waals surface area contributed by atoms with Crippen molar-refractivity contribution in [3.05, 3.63) is 59.7 Å². The van der Waals surface area contributed by atoms with Crippen molar-refractivity contribution >= 4 is 11.4 Å². The molecule has 0 radical (unpaired) electrons. The first-order valence-electron chi connectivity index (χ1n) is 6.41. The number of hydrogen-bond acceptors (Lipinski definition) is 2. The number of nitrogen functional groups attached to an aromatic ring is 1. The lowest BCUT2D eigenvalue weighted by Gasteiger charge is -2.10. The summed E-state index contributed by atoms with van der Waals surface area (Å²) in [4.78, 5) is 0. The van der Waals surface area contributed by atoms with Crippen molar-refractivity contribution in [2.45, 2.75) is 25.3 Å². The molecule has 1 saturated carbocycles. The number of aryl methyl sites for hydroxylation is 1. The van der Waals surface area contributed by atoms with Crippen molar-refractivity contribution in [3.63, 3.8) is 0 Å². The molecule has 0 aromatic heterocycles. The van der Waals surface area contributed by atoms with Crippen LogP contribution in [0.25, 0.3) is 0 Å². The molecule has 2 unspecified atom stereocenters. The van der Waals surface area contributed by atoms with E-state index in [4.69, 9.17) is 5.73 Å². The Morgan fingerprint density at radius 3 is 2.67 bits per heavy atom. The second-order valence-electron chi connectivity index (χ2n) is 5.09. The van der Waals surface area contributed by atoms with E-state index in [0.29, 0.717) is 12.0 Å². The molecular formula is C16H18N2. The van der Waals surface area contributed by atoms with Crippen LogP contribution in [0.5, 0.6) is 0 Å². The van der Waals surface area contributed by atoms with E-state index >= 15 is 0 Å². The van der Waals surface area contributed by atoms with E-state index in [-0.39, 0.29) is 0 Å². The van der Waals surface area contributed by atoms with Crippen molar-refractivity contribution in [1.29, 1.82) is 0 Å². The molecule has 0 aliphatic heterocycles. The highest BCUT2D eigenvalue weighted by molar-refractivity contribution is 5.68. The fourth-order valence-corrected chi connectivity index (χ4v) is 2.42. The third-order valence-corrected chi connectivity index (χ3v) is 3.57. The Bertz CT molecular complexity index is 548. The molecule has 1 fully saturated rings. The first-order chi connectivity index (χ1) is 8.74. The predicted octanol–water partition coefficient (Wildman–Crippen LogP) is 3.55. The summed E-state index contributed by atoms with van der Waals surface area (Å²) >= 11 is 0. The van der Waals surface area contributed by atoms with Crippen LogP contribution in [-0.2, 0) is 0 Å². The Hall–Kier alpha value is -1.96. The van der Waals surface area contributed by atoms with Crippen LogP contribution in [0.4, 0.5) is 11.4 Å². The lowest BCUT2D eigenvalue weighted by Crippen LogP contribution is -2.06. The third-order valence-electron chi connectivity index (χ3n) is 3.57. The Morgan fingerprint density at radius 2 is 1.89 bits per heavy atom. The molecule has 0 spiro atoms. The molecule has 92 valence electrons. The minimum atomic E-state index is 0.525. The summed E-state index contributed by atoms with van der Waals surface area (Å²) in [5.74, 6) is 0.631. The first-order valence-corrected chi connectivity index (χ1v) is 6.41. The number of nitrogens with two attached hydrogens (primary N) is 1. The Morgan fingerprint density at radius 1 is 1.11 bits per heavy atom. The molecular weight excluding hydrogens is 220 g/mol. The highest BCUT2D eigenvalue weighted by Crippen LogP contribution is 2.43. The predicted molar refractivity (Wildman–Crippen MR) is 76.8 cm³/mol. The van der Waals surface area contributed by atoms with Gasteiger partial charge in [0, 0.05) is 12.0 Å². The van der Waals surface area contributed by atoms with E-state index < -0.39 is 0 Å². The molecule has 2 atom stereocenters. The topological polar surface area (TPSA) is 38.0 Å². The van der Waals surface area contributed by atoms with Gasteiger partial charge < -0.3 is 11.1 Å². The smallest absolute Gasteiger partial charge is 0.0578 e. The van der Waals surface area contributed by atoms with Gasteiger partial charge in [-0.2, -0.15) is 0 Å². The standard InChI is InChI=1S/C16H18N2/c1-11-7-8-14(17)16(9-11)18-15-10-13(15)12-5-3-2-4-6-12/h2-9,13,15,18H,10,17H2,1H3. The van der Waals surface area contributed by atoms with E-state index in [0.717, 1.165) is 11.4 Å². The van der Waals surface area contributed by atoms with E-state index in [9.17, 15) is 0 Å². The van der Waals surface area contributed by atoms with Gasteiger partial charge in [0.1, 0.15) is 0 Å². The molecule has 3 N–H and O–H groups in total. The minimum Gasteiger partial charge on any atom is -0.397 e.